The van der Waals surface area contributed by atoms with Crippen LogP contribution in [0.3, 0.4) is 0 Å². The molecule has 3 nitrogen and oxygen atoms in total. The summed E-state index contributed by atoms with van der Waals surface area (Å²) in [7, 11) is 0. The molecule has 0 saturated carbocycles. The van der Waals surface area contributed by atoms with Crippen LogP contribution >= 0.6 is 11.8 Å². The van der Waals surface area contributed by atoms with Gasteiger partial charge in [0, 0.05) is 12.6 Å². The quantitative estimate of drug-likeness (QED) is 0.722. The zero-order valence-electron chi connectivity index (χ0n) is 9.82. The average Bonchev–Trinajstić information content (AvgIpc) is 2.47. The van der Waals surface area contributed by atoms with Crippen LogP contribution in [0.1, 0.15) is 26.7 Å². The van der Waals surface area contributed by atoms with Gasteiger partial charge in [-0.25, -0.2) is 0 Å². The Kier molecular flexibility index (Phi) is 4.68. The van der Waals surface area contributed by atoms with Crippen molar-refractivity contribution in [1.82, 2.24) is 0 Å². The smallest absolute Gasteiger partial charge is 0.127 e. The molecule has 0 atom stereocenters. The Morgan fingerprint density at radius 2 is 2.31 bits per heavy atom. The summed E-state index contributed by atoms with van der Waals surface area (Å²) < 4.78 is 0. The number of rotatable bonds is 2. The summed E-state index contributed by atoms with van der Waals surface area (Å²) in [6.45, 7) is 3.71. The van der Waals surface area contributed by atoms with Gasteiger partial charge in [0.1, 0.15) is 11.5 Å². The molecule has 0 aromatic heterocycles. The van der Waals surface area contributed by atoms with Crippen LogP contribution in [-0.4, -0.2) is 21.5 Å². The molecule has 0 spiro atoms. The predicted molar refractivity (Wildman–Crippen MR) is 70.0 cm³/mol. The van der Waals surface area contributed by atoms with Gasteiger partial charge >= 0.3 is 0 Å². The van der Waals surface area contributed by atoms with Crippen LogP contribution in [0.2, 0.25) is 0 Å². The Balaban J connectivity index is 3.23. The van der Waals surface area contributed by atoms with Gasteiger partial charge in [0.05, 0.1) is 10.6 Å². The highest BCUT2D eigenvalue weighted by Crippen LogP contribution is 2.27. The van der Waals surface area contributed by atoms with Crippen molar-refractivity contribution in [3.05, 3.63) is 34.9 Å². The molecule has 0 aliphatic carbocycles. The van der Waals surface area contributed by atoms with E-state index in [2.05, 4.69) is 4.99 Å². The van der Waals surface area contributed by atoms with E-state index < -0.39 is 0 Å². The molecule has 0 bridgehead atoms. The zero-order chi connectivity index (χ0) is 12.1. The van der Waals surface area contributed by atoms with E-state index in [1.165, 1.54) is 6.20 Å². The van der Waals surface area contributed by atoms with Gasteiger partial charge in [-0.15, -0.1) is 11.8 Å². The van der Waals surface area contributed by atoms with Gasteiger partial charge in [0.2, 0.25) is 0 Å². The van der Waals surface area contributed by atoms with Crippen molar-refractivity contribution in [2.75, 3.05) is 6.26 Å². The fraction of sp³-hybridized carbons (Fsp3) is 0.417. The van der Waals surface area contributed by atoms with Crippen molar-refractivity contribution in [3.63, 3.8) is 0 Å². The van der Waals surface area contributed by atoms with Crippen LogP contribution in [0, 0.1) is 0 Å². The molecule has 88 valence electrons. The molecule has 1 heterocycles. The van der Waals surface area contributed by atoms with E-state index in [9.17, 15) is 10.2 Å². The molecule has 2 N–H and O–H groups in total. The number of hydrogen-bond acceptors (Lipinski definition) is 4. The van der Waals surface area contributed by atoms with E-state index in [1.54, 1.807) is 24.8 Å². The summed E-state index contributed by atoms with van der Waals surface area (Å²) in [5.74, 6) is 0.223. The number of hydrogen-bond donors (Lipinski definition) is 2. The van der Waals surface area contributed by atoms with Crippen molar-refractivity contribution >= 4 is 16.8 Å². The molecule has 16 heavy (non-hydrogen) atoms. The summed E-state index contributed by atoms with van der Waals surface area (Å²) in [5, 5.41) is 20.7. The van der Waals surface area contributed by atoms with Gasteiger partial charge in [0.15, 0.2) is 0 Å². The minimum atomic E-state index is 0.0644. The lowest BCUT2D eigenvalue weighted by molar-refractivity contribution is 0.378. The second kappa shape index (κ2) is 5.80. The van der Waals surface area contributed by atoms with Crippen LogP contribution in [0.25, 0.3) is 0 Å². The van der Waals surface area contributed by atoms with Gasteiger partial charge in [-0.2, -0.15) is 0 Å². The number of aliphatic imine (C=N–C) groups is 1. The molecule has 0 amide bonds. The highest BCUT2D eigenvalue weighted by Gasteiger charge is 2.17. The Hall–Kier alpha value is -1.16. The van der Waals surface area contributed by atoms with Crippen molar-refractivity contribution in [3.8, 4) is 0 Å². The van der Waals surface area contributed by atoms with Crippen LogP contribution in [0.5, 0.6) is 0 Å². The summed E-state index contributed by atoms with van der Waals surface area (Å²) in [6, 6.07) is 0. The molecule has 0 radical (unpaired) electrons. The van der Waals surface area contributed by atoms with Crippen molar-refractivity contribution in [2.24, 2.45) is 4.99 Å². The van der Waals surface area contributed by atoms with Crippen molar-refractivity contribution in [2.45, 2.75) is 26.7 Å². The van der Waals surface area contributed by atoms with E-state index in [4.69, 9.17) is 0 Å². The van der Waals surface area contributed by atoms with Gasteiger partial charge in [-0.3, -0.25) is 4.99 Å². The highest BCUT2D eigenvalue weighted by atomic mass is 32.2. The Morgan fingerprint density at radius 1 is 1.62 bits per heavy atom. The first kappa shape index (κ1) is 12.9. The monoisotopic (exact) mass is 239 g/mol. The fourth-order valence-electron chi connectivity index (χ4n) is 1.46. The molecule has 4 heteroatoms. The van der Waals surface area contributed by atoms with Gasteiger partial charge in [-0.1, -0.05) is 6.92 Å². The SMILES string of the molecule is C/C=C(\O)C1=CN=C(SC)CC(CC)=C1O. The maximum Gasteiger partial charge on any atom is 0.127 e. The summed E-state index contributed by atoms with van der Waals surface area (Å²) in [6.07, 6.45) is 6.44. The third kappa shape index (κ3) is 2.70. The normalized spacial score (nSPS) is 18.1. The van der Waals surface area contributed by atoms with Crippen LogP contribution in [0.15, 0.2) is 39.9 Å². The van der Waals surface area contributed by atoms with E-state index >= 15 is 0 Å². The lowest BCUT2D eigenvalue weighted by Gasteiger charge is -2.08. The van der Waals surface area contributed by atoms with E-state index in [0.29, 0.717) is 12.0 Å². The molecule has 0 fully saturated rings. The van der Waals surface area contributed by atoms with Crippen LogP contribution < -0.4 is 0 Å². The minimum absolute atomic E-state index is 0.0644. The first-order valence-electron chi connectivity index (χ1n) is 5.21. The largest absolute Gasteiger partial charge is 0.507 e. The molecule has 0 unspecified atom stereocenters. The Morgan fingerprint density at radius 3 is 2.81 bits per heavy atom. The molecular formula is C12H17NO2S. The molecular weight excluding hydrogens is 222 g/mol. The topological polar surface area (TPSA) is 52.8 Å². The number of aliphatic hydroxyl groups excluding tert-OH is 2. The predicted octanol–water partition coefficient (Wildman–Crippen LogP) is 3.72. The van der Waals surface area contributed by atoms with E-state index in [-0.39, 0.29) is 11.5 Å². The second-order valence-corrected chi connectivity index (χ2v) is 4.31. The third-order valence-corrected chi connectivity index (χ3v) is 3.23. The van der Waals surface area contributed by atoms with E-state index in [0.717, 1.165) is 17.0 Å². The number of allylic oxidation sites excluding steroid dienone is 2. The average molecular weight is 239 g/mol. The molecule has 0 aromatic rings. The Bertz CT molecular complexity index is 392. The lowest BCUT2D eigenvalue weighted by Crippen LogP contribution is -1.99. The third-order valence-electron chi connectivity index (χ3n) is 2.50. The maximum absolute atomic E-state index is 10.1. The summed E-state index contributed by atoms with van der Waals surface area (Å²) in [5.41, 5.74) is 1.31. The fourth-order valence-corrected chi connectivity index (χ4v) is 1.94. The maximum atomic E-state index is 10.1. The summed E-state index contributed by atoms with van der Waals surface area (Å²) >= 11 is 1.56. The zero-order valence-corrected chi connectivity index (χ0v) is 10.6. The van der Waals surface area contributed by atoms with Crippen LogP contribution in [0.4, 0.5) is 0 Å². The molecule has 1 aliphatic rings. The van der Waals surface area contributed by atoms with Crippen molar-refractivity contribution < 1.29 is 10.2 Å². The first-order valence-corrected chi connectivity index (χ1v) is 6.44. The van der Waals surface area contributed by atoms with Crippen molar-refractivity contribution in [1.29, 1.82) is 0 Å². The Labute approximate surface area is 100 Å². The molecule has 0 aromatic carbocycles. The van der Waals surface area contributed by atoms with Gasteiger partial charge in [-0.05, 0) is 31.2 Å². The number of nitrogens with zero attached hydrogens (tertiary/aromatic N) is 1. The minimum Gasteiger partial charge on any atom is -0.507 e. The van der Waals surface area contributed by atoms with E-state index in [1.807, 2.05) is 13.2 Å². The highest BCUT2D eigenvalue weighted by molar-refractivity contribution is 8.13. The number of thioether (sulfide) groups is 1. The molecule has 0 saturated heterocycles. The first-order chi connectivity index (χ1) is 7.63. The second-order valence-electron chi connectivity index (χ2n) is 3.43. The standard InChI is InChI=1S/C12H17NO2S/c1-4-8-6-11(16-3)13-7-9(12(8)15)10(14)5-2/h5,7,14-15H,4,6H2,1-3H3/b10-5-. The van der Waals surface area contributed by atoms with Gasteiger partial charge < -0.3 is 10.2 Å². The van der Waals surface area contributed by atoms with Crippen LogP contribution in [-0.2, 0) is 0 Å². The molecule has 1 rings (SSSR count). The molecule has 1 aliphatic heterocycles. The summed E-state index contributed by atoms with van der Waals surface area (Å²) in [4.78, 5) is 4.26. The lowest BCUT2D eigenvalue weighted by atomic mass is 10.0. The van der Waals surface area contributed by atoms with Gasteiger partial charge in [0.25, 0.3) is 0 Å². The number of aliphatic hydroxyl groups is 2.